The van der Waals surface area contributed by atoms with Gasteiger partial charge in [0.15, 0.2) is 0 Å². The molecule has 0 saturated carbocycles. The van der Waals surface area contributed by atoms with E-state index >= 15 is 0 Å². The highest BCUT2D eigenvalue weighted by atomic mass is 16.5. The van der Waals surface area contributed by atoms with Gasteiger partial charge in [0, 0.05) is 5.69 Å². The largest absolute Gasteiger partial charge is 0.461 e. The van der Waals surface area contributed by atoms with Crippen LogP contribution in [0.2, 0.25) is 0 Å². The first kappa shape index (κ1) is 14.8. The number of nitrogens with one attached hydrogen (secondary N) is 1. The quantitative estimate of drug-likeness (QED) is 0.784. The summed E-state index contributed by atoms with van der Waals surface area (Å²) < 4.78 is 5.09. The van der Waals surface area contributed by atoms with Gasteiger partial charge in [0.25, 0.3) is 0 Å². The molecule has 3 nitrogen and oxygen atoms in total. The third-order valence-electron chi connectivity index (χ3n) is 3.06. The molecular weight excluding hydrogens is 226 g/mol. The Morgan fingerprint density at radius 1 is 1.33 bits per heavy atom. The van der Waals surface area contributed by atoms with Crippen LogP contribution in [0.3, 0.4) is 0 Å². The summed E-state index contributed by atoms with van der Waals surface area (Å²) in [4.78, 5) is 15.1. The Kier molecular flexibility index (Phi) is 5.45. The van der Waals surface area contributed by atoms with E-state index in [1.807, 2.05) is 13.8 Å². The summed E-state index contributed by atoms with van der Waals surface area (Å²) in [6.45, 7) is 10.8. The van der Waals surface area contributed by atoms with Gasteiger partial charge in [0.2, 0.25) is 0 Å². The first-order chi connectivity index (χ1) is 8.51. The van der Waals surface area contributed by atoms with Crippen LogP contribution >= 0.6 is 0 Å². The second-order valence-corrected chi connectivity index (χ2v) is 5.15. The molecule has 0 amide bonds. The summed E-state index contributed by atoms with van der Waals surface area (Å²) >= 11 is 0. The molecule has 0 bridgehead atoms. The maximum absolute atomic E-state index is 11.9. The van der Waals surface area contributed by atoms with Crippen LogP contribution in [0.1, 0.15) is 61.4 Å². The van der Waals surface area contributed by atoms with E-state index in [1.54, 1.807) is 0 Å². The molecule has 0 fully saturated rings. The number of carbonyl (C=O) groups is 1. The van der Waals surface area contributed by atoms with Crippen molar-refractivity contribution >= 4 is 5.97 Å². The molecule has 0 unspecified atom stereocenters. The normalized spacial score (nSPS) is 11.0. The number of aromatic amines is 1. The van der Waals surface area contributed by atoms with Crippen LogP contribution < -0.4 is 0 Å². The lowest BCUT2D eigenvalue weighted by Crippen LogP contribution is -2.07. The molecule has 102 valence electrons. The van der Waals surface area contributed by atoms with Gasteiger partial charge in [-0.05, 0) is 43.7 Å². The number of ether oxygens (including phenoxy) is 1. The molecule has 0 radical (unpaired) electrons. The van der Waals surface area contributed by atoms with E-state index < -0.39 is 0 Å². The van der Waals surface area contributed by atoms with Gasteiger partial charge in [-0.3, -0.25) is 0 Å². The van der Waals surface area contributed by atoms with Crippen LogP contribution in [0.15, 0.2) is 0 Å². The predicted molar refractivity (Wildman–Crippen MR) is 74.0 cm³/mol. The summed E-state index contributed by atoms with van der Waals surface area (Å²) in [6.07, 6.45) is 3.08. The number of aromatic nitrogens is 1. The first-order valence-corrected chi connectivity index (χ1v) is 6.88. The van der Waals surface area contributed by atoms with E-state index in [1.165, 1.54) is 11.3 Å². The first-order valence-electron chi connectivity index (χ1n) is 6.88. The Morgan fingerprint density at radius 3 is 2.50 bits per heavy atom. The minimum atomic E-state index is -0.234. The van der Waals surface area contributed by atoms with Gasteiger partial charge in [0.05, 0.1) is 6.61 Å². The lowest BCUT2D eigenvalue weighted by atomic mass is 9.97. The highest BCUT2D eigenvalue weighted by Crippen LogP contribution is 2.23. The van der Waals surface area contributed by atoms with Gasteiger partial charge in [0.1, 0.15) is 5.69 Å². The van der Waals surface area contributed by atoms with E-state index in [2.05, 4.69) is 25.8 Å². The summed E-state index contributed by atoms with van der Waals surface area (Å²) in [6, 6.07) is 0. The van der Waals surface area contributed by atoms with E-state index in [0.29, 0.717) is 18.2 Å². The van der Waals surface area contributed by atoms with E-state index in [4.69, 9.17) is 4.74 Å². The Labute approximate surface area is 110 Å². The molecule has 1 aromatic rings. The summed E-state index contributed by atoms with van der Waals surface area (Å²) in [5, 5.41) is 0. The molecular formula is C15H25NO2. The zero-order valence-corrected chi connectivity index (χ0v) is 12.2. The minimum Gasteiger partial charge on any atom is -0.461 e. The van der Waals surface area contributed by atoms with Crippen molar-refractivity contribution in [2.75, 3.05) is 6.61 Å². The molecule has 1 rings (SSSR count). The fourth-order valence-corrected chi connectivity index (χ4v) is 2.25. The van der Waals surface area contributed by atoms with Gasteiger partial charge < -0.3 is 9.72 Å². The third-order valence-corrected chi connectivity index (χ3v) is 3.06. The number of aryl methyl sites for hydroxylation is 1. The van der Waals surface area contributed by atoms with Crippen LogP contribution in [-0.4, -0.2) is 17.6 Å². The molecule has 0 aliphatic rings. The van der Waals surface area contributed by atoms with Crippen LogP contribution in [-0.2, 0) is 17.6 Å². The average molecular weight is 251 g/mol. The molecule has 0 aromatic carbocycles. The fourth-order valence-electron chi connectivity index (χ4n) is 2.25. The molecule has 0 saturated heterocycles. The maximum atomic E-state index is 11.9. The molecule has 1 aromatic heterocycles. The summed E-state index contributed by atoms with van der Waals surface area (Å²) in [5.41, 5.74) is 4.20. The Balaban J connectivity index is 3.10. The SMILES string of the molecule is CCCc1[nH]c(C(=O)OCC)c(C)c1CC(C)C. The molecule has 0 spiro atoms. The van der Waals surface area contributed by atoms with Crippen molar-refractivity contribution < 1.29 is 9.53 Å². The van der Waals surface area contributed by atoms with Crippen LogP contribution in [0.25, 0.3) is 0 Å². The number of hydrogen-bond acceptors (Lipinski definition) is 2. The number of H-pyrrole nitrogens is 1. The zero-order valence-electron chi connectivity index (χ0n) is 12.2. The monoisotopic (exact) mass is 251 g/mol. The van der Waals surface area contributed by atoms with Crippen molar-refractivity contribution in [3.8, 4) is 0 Å². The van der Waals surface area contributed by atoms with Crippen LogP contribution in [0.5, 0.6) is 0 Å². The van der Waals surface area contributed by atoms with Crippen molar-refractivity contribution in [3.63, 3.8) is 0 Å². The standard InChI is InChI=1S/C15H25NO2/c1-6-8-13-12(9-10(3)4)11(5)14(16-13)15(17)18-7-2/h10,16H,6-9H2,1-5H3. The highest BCUT2D eigenvalue weighted by Gasteiger charge is 2.19. The smallest absolute Gasteiger partial charge is 0.355 e. The van der Waals surface area contributed by atoms with Gasteiger partial charge >= 0.3 is 5.97 Å². The van der Waals surface area contributed by atoms with Crippen molar-refractivity contribution in [3.05, 3.63) is 22.5 Å². The number of rotatable bonds is 6. The molecule has 1 N–H and O–H groups in total. The van der Waals surface area contributed by atoms with Gasteiger partial charge in [-0.25, -0.2) is 4.79 Å². The molecule has 18 heavy (non-hydrogen) atoms. The number of hydrogen-bond donors (Lipinski definition) is 1. The maximum Gasteiger partial charge on any atom is 0.355 e. The number of carbonyl (C=O) groups excluding carboxylic acids is 1. The summed E-state index contributed by atoms with van der Waals surface area (Å²) in [7, 11) is 0. The van der Waals surface area contributed by atoms with Crippen molar-refractivity contribution in [1.29, 1.82) is 0 Å². The third kappa shape index (κ3) is 3.37. The molecule has 0 atom stereocenters. The van der Waals surface area contributed by atoms with Crippen LogP contribution in [0.4, 0.5) is 0 Å². The van der Waals surface area contributed by atoms with Crippen LogP contribution in [0, 0.1) is 12.8 Å². The molecule has 0 aliphatic carbocycles. The fraction of sp³-hybridized carbons (Fsp3) is 0.667. The Hall–Kier alpha value is -1.25. The average Bonchev–Trinajstić information content (AvgIpc) is 2.58. The van der Waals surface area contributed by atoms with Gasteiger partial charge in [-0.15, -0.1) is 0 Å². The lowest BCUT2D eigenvalue weighted by Gasteiger charge is -2.07. The lowest BCUT2D eigenvalue weighted by molar-refractivity contribution is 0.0519. The predicted octanol–water partition coefficient (Wildman–Crippen LogP) is 3.65. The molecule has 0 aliphatic heterocycles. The van der Waals surface area contributed by atoms with E-state index in [9.17, 15) is 4.79 Å². The Morgan fingerprint density at radius 2 is 2.00 bits per heavy atom. The number of esters is 1. The van der Waals surface area contributed by atoms with Crippen molar-refractivity contribution in [1.82, 2.24) is 4.98 Å². The minimum absolute atomic E-state index is 0.234. The second-order valence-electron chi connectivity index (χ2n) is 5.15. The summed E-state index contributed by atoms with van der Waals surface area (Å²) in [5.74, 6) is 0.354. The van der Waals surface area contributed by atoms with E-state index in [-0.39, 0.29) is 5.97 Å². The Bertz CT molecular complexity index is 405. The van der Waals surface area contributed by atoms with Gasteiger partial charge in [-0.2, -0.15) is 0 Å². The van der Waals surface area contributed by atoms with E-state index in [0.717, 1.165) is 24.8 Å². The van der Waals surface area contributed by atoms with Crippen molar-refractivity contribution in [2.45, 2.75) is 53.9 Å². The second kappa shape index (κ2) is 6.62. The molecule has 3 heteroatoms. The highest BCUT2D eigenvalue weighted by molar-refractivity contribution is 5.89. The zero-order chi connectivity index (χ0) is 13.7. The van der Waals surface area contributed by atoms with Crippen molar-refractivity contribution in [2.24, 2.45) is 5.92 Å². The molecule has 1 heterocycles. The van der Waals surface area contributed by atoms with Gasteiger partial charge in [-0.1, -0.05) is 27.2 Å². The topological polar surface area (TPSA) is 42.1 Å².